The highest BCUT2D eigenvalue weighted by Gasteiger charge is 2.45. The molecule has 0 saturated heterocycles. The van der Waals surface area contributed by atoms with Crippen LogP contribution in [0.25, 0.3) is 0 Å². The standard InChI is InChI=1S/C11H13BrO2/c1-7-3-4-8(12)10(14-2)9(7)11(13)5-6-11/h3-4,13H,5-6H2,1-2H3. The van der Waals surface area contributed by atoms with Gasteiger partial charge in [0.2, 0.25) is 0 Å². The first-order chi connectivity index (χ1) is 6.58. The van der Waals surface area contributed by atoms with E-state index in [-0.39, 0.29) is 0 Å². The Balaban J connectivity index is 2.60. The van der Waals surface area contributed by atoms with E-state index in [9.17, 15) is 5.11 Å². The largest absolute Gasteiger partial charge is 0.495 e. The van der Waals surface area contributed by atoms with Crippen molar-refractivity contribution in [2.75, 3.05) is 7.11 Å². The van der Waals surface area contributed by atoms with E-state index < -0.39 is 5.60 Å². The number of halogens is 1. The highest BCUT2D eigenvalue weighted by Crippen LogP contribution is 2.51. The van der Waals surface area contributed by atoms with Gasteiger partial charge in [-0.2, -0.15) is 0 Å². The van der Waals surface area contributed by atoms with Crippen LogP contribution in [-0.2, 0) is 5.60 Å². The SMILES string of the molecule is COc1c(Br)ccc(C)c1C1(O)CC1. The number of methoxy groups -OCH3 is 1. The van der Waals surface area contributed by atoms with Gasteiger partial charge in [0.1, 0.15) is 5.75 Å². The van der Waals surface area contributed by atoms with E-state index in [2.05, 4.69) is 15.9 Å². The number of hydrogen-bond donors (Lipinski definition) is 1. The van der Waals surface area contributed by atoms with Crippen LogP contribution in [0.5, 0.6) is 5.75 Å². The van der Waals surface area contributed by atoms with Gasteiger partial charge >= 0.3 is 0 Å². The molecule has 0 bridgehead atoms. The fraction of sp³-hybridized carbons (Fsp3) is 0.455. The fourth-order valence-corrected chi connectivity index (χ4v) is 2.29. The summed E-state index contributed by atoms with van der Waals surface area (Å²) < 4.78 is 6.22. The van der Waals surface area contributed by atoms with Crippen molar-refractivity contribution in [2.45, 2.75) is 25.4 Å². The van der Waals surface area contributed by atoms with Gasteiger partial charge in [-0.25, -0.2) is 0 Å². The number of aliphatic hydroxyl groups is 1. The van der Waals surface area contributed by atoms with Crippen LogP contribution in [0, 0.1) is 6.92 Å². The normalized spacial score (nSPS) is 18.0. The predicted octanol–water partition coefficient (Wildman–Crippen LogP) is 2.75. The van der Waals surface area contributed by atoms with E-state index in [1.807, 2.05) is 19.1 Å². The van der Waals surface area contributed by atoms with Crippen LogP contribution in [0.15, 0.2) is 16.6 Å². The van der Waals surface area contributed by atoms with Crippen molar-refractivity contribution in [2.24, 2.45) is 0 Å². The molecule has 1 aromatic carbocycles. The van der Waals surface area contributed by atoms with Gasteiger partial charge in [-0.1, -0.05) is 6.07 Å². The minimum atomic E-state index is -0.640. The summed E-state index contributed by atoms with van der Waals surface area (Å²) in [6, 6.07) is 3.95. The molecule has 0 atom stereocenters. The van der Waals surface area contributed by atoms with Gasteiger partial charge < -0.3 is 9.84 Å². The molecule has 1 aliphatic carbocycles. The lowest BCUT2D eigenvalue weighted by Crippen LogP contribution is -2.09. The summed E-state index contributed by atoms with van der Waals surface area (Å²) in [4.78, 5) is 0. The summed E-state index contributed by atoms with van der Waals surface area (Å²) in [7, 11) is 1.63. The maximum absolute atomic E-state index is 10.1. The summed E-state index contributed by atoms with van der Waals surface area (Å²) in [5.41, 5.74) is 1.39. The Morgan fingerprint density at radius 1 is 1.43 bits per heavy atom. The quantitative estimate of drug-likeness (QED) is 0.882. The molecule has 0 heterocycles. The van der Waals surface area contributed by atoms with Crippen molar-refractivity contribution in [1.82, 2.24) is 0 Å². The Morgan fingerprint density at radius 2 is 2.07 bits per heavy atom. The molecule has 0 radical (unpaired) electrons. The Hall–Kier alpha value is -0.540. The van der Waals surface area contributed by atoms with Crippen LogP contribution in [0.1, 0.15) is 24.0 Å². The van der Waals surface area contributed by atoms with Crippen LogP contribution in [-0.4, -0.2) is 12.2 Å². The van der Waals surface area contributed by atoms with E-state index in [1.165, 1.54) is 0 Å². The number of hydrogen-bond acceptors (Lipinski definition) is 2. The average Bonchev–Trinajstić information content (AvgIpc) is 2.88. The van der Waals surface area contributed by atoms with Crippen molar-refractivity contribution in [3.8, 4) is 5.75 Å². The predicted molar refractivity (Wildman–Crippen MR) is 58.6 cm³/mol. The molecule has 1 N–H and O–H groups in total. The summed E-state index contributed by atoms with van der Waals surface area (Å²) in [6.45, 7) is 2.00. The zero-order valence-electron chi connectivity index (χ0n) is 8.30. The first kappa shape index (κ1) is 9.99. The molecular formula is C11H13BrO2. The molecule has 3 heteroatoms. The third-order valence-electron chi connectivity index (χ3n) is 2.71. The minimum Gasteiger partial charge on any atom is -0.495 e. The average molecular weight is 257 g/mol. The lowest BCUT2D eigenvalue weighted by Gasteiger charge is -2.17. The molecule has 0 spiro atoms. The fourth-order valence-electron chi connectivity index (χ4n) is 1.80. The molecule has 14 heavy (non-hydrogen) atoms. The van der Waals surface area contributed by atoms with Gasteiger partial charge in [-0.3, -0.25) is 0 Å². The Labute approximate surface area is 92.0 Å². The molecule has 1 aromatic rings. The highest BCUT2D eigenvalue weighted by molar-refractivity contribution is 9.10. The molecule has 0 amide bonds. The van der Waals surface area contributed by atoms with Gasteiger partial charge in [-0.15, -0.1) is 0 Å². The number of benzene rings is 1. The zero-order valence-corrected chi connectivity index (χ0v) is 9.89. The monoisotopic (exact) mass is 256 g/mol. The maximum Gasteiger partial charge on any atom is 0.139 e. The van der Waals surface area contributed by atoms with Gasteiger partial charge in [0, 0.05) is 5.56 Å². The topological polar surface area (TPSA) is 29.5 Å². The smallest absolute Gasteiger partial charge is 0.139 e. The van der Waals surface area contributed by atoms with Gasteiger partial charge in [0.15, 0.2) is 0 Å². The Kier molecular flexibility index (Phi) is 2.32. The lowest BCUT2D eigenvalue weighted by molar-refractivity contribution is 0.146. The molecule has 1 saturated carbocycles. The first-order valence-electron chi connectivity index (χ1n) is 4.64. The molecule has 2 nitrogen and oxygen atoms in total. The summed E-state index contributed by atoms with van der Waals surface area (Å²) in [6.07, 6.45) is 1.67. The number of ether oxygens (including phenoxy) is 1. The molecule has 0 aliphatic heterocycles. The van der Waals surface area contributed by atoms with Crippen molar-refractivity contribution >= 4 is 15.9 Å². The van der Waals surface area contributed by atoms with Gasteiger partial charge in [0.05, 0.1) is 17.2 Å². The summed E-state index contributed by atoms with van der Waals surface area (Å²) >= 11 is 3.43. The van der Waals surface area contributed by atoms with Crippen LogP contribution >= 0.6 is 15.9 Å². The molecule has 0 unspecified atom stereocenters. The Bertz CT molecular complexity index is 370. The third-order valence-corrected chi connectivity index (χ3v) is 3.34. The second kappa shape index (κ2) is 3.24. The second-order valence-electron chi connectivity index (χ2n) is 3.80. The first-order valence-corrected chi connectivity index (χ1v) is 5.44. The minimum absolute atomic E-state index is 0.640. The van der Waals surface area contributed by atoms with Crippen LogP contribution in [0.2, 0.25) is 0 Å². The van der Waals surface area contributed by atoms with Crippen LogP contribution < -0.4 is 4.74 Å². The van der Waals surface area contributed by atoms with Crippen molar-refractivity contribution < 1.29 is 9.84 Å². The third kappa shape index (κ3) is 1.44. The van der Waals surface area contributed by atoms with E-state index >= 15 is 0 Å². The van der Waals surface area contributed by atoms with E-state index in [1.54, 1.807) is 7.11 Å². The van der Waals surface area contributed by atoms with E-state index in [0.29, 0.717) is 0 Å². The number of aryl methyl sites for hydroxylation is 1. The molecule has 1 fully saturated rings. The molecule has 76 valence electrons. The van der Waals surface area contributed by atoms with Gasteiger partial charge in [-0.05, 0) is 47.3 Å². The Morgan fingerprint density at radius 3 is 2.57 bits per heavy atom. The maximum atomic E-state index is 10.1. The van der Waals surface area contributed by atoms with Gasteiger partial charge in [0.25, 0.3) is 0 Å². The summed E-state index contributed by atoms with van der Waals surface area (Å²) in [5.74, 6) is 0.769. The zero-order chi connectivity index (χ0) is 10.3. The summed E-state index contributed by atoms with van der Waals surface area (Å²) in [5, 5.41) is 10.1. The van der Waals surface area contributed by atoms with Crippen LogP contribution in [0.3, 0.4) is 0 Å². The van der Waals surface area contributed by atoms with E-state index in [0.717, 1.165) is 34.2 Å². The number of rotatable bonds is 2. The molecule has 1 aliphatic rings. The highest BCUT2D eigenvalue weighted by atomic mass is 79.9. The van der Waals surface area contributed by atoms with Crippen molar-refractivity contribution in [3.05, 3.63) is 27.7 Å². The van der Waals surface area contributed by atoms with Crippen molar-refractivity contribution in [3.63, 3.8) is 0 Å². The van der Waals surface area contributed by atoms with Crippen molar-refractivity contribution in [1.29, 1.82) is 0 Å². The lowest BCUT2D eigenvalue weighted by atomic mass is 10.0. The molecular weight excluding hydrogens is 244 g/mol. The molecule has 0 aromatic heterocycles. The molecule has 2 rings (SSSR count). The second-order valence-corrected chi connectivity index (χ2v) is 4.66. The van der Waals surface area contributed by atoms with Crippen LogP contribution in [0.4, 0.5) is 0 Å². The van der Waals surface area contributed by atoms with E-state index in [4.69, 9.17) is 4.74 Å².